The molecule has 2 heterocycles. The molecule has 2 fully saturated rings. The summed E-state index contributed by atoms with van der Waals surface area (Å²) >= 11 is 0. The molecule has 2 aliphatic heterocycles. The first-order valence-electron chi connectivity index (χ1n) is 10.9. The zero-order chi connectivity index (χ0) is 19.6. The van der Waals surface area contributed by atoms with Crippen LogP contribution in [0.5, 0.6) is 0 Å². The molecule has 6 nitrogen and oxygen atoms in total. The van der Waals surface area contributed by atoms with Crippen molar-refractivity contribution in [3.05, 3.63) is 35.9 Å². The highest BCUT2D eigenvalue weighted by atomic mass is 15.3. The van der Waals surface area contributed by atoms with Crippen molar-refractivity contribution in [1.82, 2.24) is 24.9 Å². The molecule has 1 aromatic rings. The Hall–Kier alpha value is -1.63. The van der Waals surface area contributed by atoms with E-state index in [-0.39, 0.29) is 0 Å². The predicted octanol–water partition coefficient (Wildman–Crippen LogP) is 1.41. The van der Waals surface area contributed by atoms with Gasteiger partial charge in [-0.25, -0.2) is 0 Å². The Kier molecular flexibility index (Phi) is 8.58. The average molecular weight is 387 g/mol. The molecular formula is C22H38N6. The molecule has 0 amide bonds. The van der Waals surface area contributed by atoms with Crippen molar-refractivity contribution in [2.75, 3.05) is 79.5 Å². The Labute approximate surface area is 171 Å². The number of hydrogen-bond donors (Lipinski definition) is 1. The van der Waals surface area contributed by atoms with Crippen LogP contribution in [0.15, 0.2) is 35.3 Å². The highest BCUT2D eigenvalue weighted by Gasteiger charge is 2.19. The minimum atomic E-state index is 1.02. The standard InChI is InChI=1S/C22H38N6/c1-23-22(24-10-6-7-11-26-14-12-25(2)13-15-26)28-18-16-27(17-19-28)20-21-8-4-3-5-9-21/h3-5,8-9H,6-7,10-20H2,1-2H3,(H,23,24). The second kappa shape index (κ2) is 11.4. The average Bonchev–Trinajstić information content (AvgIpc) is 2.74. The summed E-state index contributed by atoms with van der Waals surface area (Å²) in [6.45, 7) is 12.4. The summed E-state index contributed by atoms with van der Waals surface area (Å²) in [7, 11) is 4.12. The van der Waals surface area contributed by atoms with Crippen LogP contribution in [0.3, 0.4) is 0 Å². The number of guanidine groups is 1. The zero-order valence-corrected chi connectivity index (χ0v) is 17.8. The predicted molar refractivity (Wildman–Crippen MR) is 118 cm³/mol. The van der Waals surface area contributed by atoms with E-state index in [1.807, 2.05) is 7.05 Å². The Bertz CT molecular complexity index is 574. The zero-order valence-electron chi connectivity index (χ0n) is 17.8. The quantitative estimate of drug-likeness (QED) is 0.436. The molecule has 0 unspecified atom stereocenters. The van der Waals surface area contributed by atoms with Gasteiger partial charge < -0.3 is 20.0 Å². The normalized spacial score (nSPS) is 20.5. The molecule has 0 aromatic heterocycles. The van der Waals surface area contributed by atoms with Gasteiger partial charge in [-0.2, -0.15) is 0 Å². The number of hydrogen-bond acceptors (Lipinski definition) is 4. The van der Waals surface area contributed by atoms with Crippen LogP contribution >= 0.6 is 0 Å². The van der Waals surface area contributed by atoms with Gasteiger partial charge >= 0.3 is 0 Å². The Morgan fingerprint density at radius 1 is 0.893 bits per heavy atom. The van der Waals surface area contributed by atoms with E-state index in [1.165, 1.54) is 51.1 Å². The molecule has 0 aliphatic carbocycles. The Morgan fingerprint density at radius 3 is 2.25 bits per heavy atom. The summed E-state index contributed by atoms with van der Waals surface area (Å²) in [6.07, 6.45) is 2.47. The molecule has 28 heavy (non-hydrogen) atoms. The van der Waals surface area contributed by atoms with E-state index in [0.29, 0.717) is 0 Å². The van der Waals surface area contributed by atoms with E-state index < -0.39 is 0 Å². The molecule has 156 valence electrons. The van der Waals surface area contributed by atoms with E-state index in [2.05, 4.69) is 67.3 Å². The third kappa shape index (κ3) is 6.76. The fraction of sp³-hybridized carbons (Fsp3) is 0.682. The number of nitrogens with zero attached hydrogens (tertiary/aromatic N) is 5. The van der Waals surface area contributed by atoms with E-state index in [0.717, 1.165) is 45.2 Å². The lowest BCUT2D eigenvalue weighted by atomic mass is 10.2. The van der Waals surface area contributed by atoms with E-state index in [1.54, 1.807) is 0 Å². The van der Waals surface area contributed by atoms with Crippen molar-refractivity contribution in [2.45, 2.75) is 19.4 Å². The SMILES string of the molecule is CN=C(NCCCCN1CCN(C)CC1)N1CCN(Cc2ccccc2)CC1. The van der Waals surface area contributed by atoms with Crippen LogP contribution in [0, 0.1) is 0 Å². The Balaban J connectivity index is 1.29. The summed E-state index contributed by atoms with van der Waals surface area (Å²) in [6, 6.07) is 10.8. The summed E-state index contributed by atoms with van der Waals surface area (Å²) in [5.74, 6) is 1.07. The lowest BCUT2D eigenvalue weighted by Crippen LogP contribution is -2.52. The van der Waals surface area contributed by atoms with Gasteiger partial charge in [0.1, 0.15) is 0 Å². The van der Waals surface area contributed by atoms with Gasteiger partial charge in [-0.3, -0.25) is 9.89 Å². The van der Waals surface area contributed by atoms with Crippen LogP contribution < -0.4 is 5.32 Å². The third-order valence-electron chi connectivity index (χ3n) is 5.91. The molecule has 6 heteroatoms. The number of nitrogens with one attached hydrogen (secondary N) is 1. The van der Waals surface area contributed by atoms with E-state index in [4.69, 9.17) is 0 Å². The molecule has 0 bridgehead atoms. The maximum absolute atomic E-state index is 4.51. The Morgan fingerprint density at radius 2 is 1.57 bits per heavy atom. The van der Waals surface area contributed by atoms with Gasteiger partial charge in [0.25, 0.3) is 0 Å². The number of aliphatic imine (C=N–C) groups is 1. The number of likely N-dealkylation sites (N-methyl/N-ethyl adjacent to an activating group) is 1. The van der Waals surface area contributed by atoms with Gasteiger partial charge in [0.2, 0.25) is 0 Å². The minimum Gasteiger partial charge on any atom is -0.356 e. The maximum Gasteiger partial charge on any atom is 0.193 e. The number of rotatable bonds is 7. The van der Waals surface area contributed by atoms with Gasteiger partial charge in [-0.05, 0) is 32.0 Å². The van der Waals surface area contributed by atoms with Gasteiger partial charge in [0, 0.05) is 72.5 Å². The number of unbranched alkanes of at least 4 members (excludes halogenated alkanes) is 1. The topological polar surface area (TPSA) is 37.4 Å². The molecule has 0 saturated carbocycles. The minimum absolute atomic E-state index is 1.02. The molecule has 1 N–H and O–H groups in total. The smallest absolute Gasteiger partial charge is 0.193 e. The summed E-state index contributed by atoms with van der Waals surface area (Å²) < 4.78 is 0. The van der Waals surface area contributed by atoms with Gasteiger partial charge in [-0.1, -0.05) is 30.3 Å². The first-order valence-corrected chi connectivity index (χ1v) is 10.9. The van der Waals surface area contributed by atoms with Gasteiger partial charge in [-0.15, -0.1) is 0 Å². The second-order valence-corrected chi connectivity index (χ2v) is 8.07. The lowest BCUT2D eigenvalue weighted by molar-refractivity contribution is 0.152. The van der Waals surface area contributed by atoms with Gasteiger partial charge in [0.15, 0.2) is 5.96 Å². The molecule has 3 rings (SSSR count). The summed E-state index contributed by atoms with van der Waals surface area (Å²) in [4.78, 5) is 14.5. The van der Waals surface area contributed by atoms with Crippen LogP contribution in [0.1, 0.15) is 18.4 Å². The summed E-state index contributed by atoms with van der Waals surface area (Å²) in [5, 5.41) is 3.58. The molecule has 1 aromatic carbocycles. The van der Waals surface area contributed by atoms with Crippen LogP contribution in [-0.2, 0) is 6.54 Å². The van der Waals surface area contributed by atoms with Crippen molar-refractivity contribution >= 4 is 5.96 Å². The van der Waals surface area contributed by atoms with Crippen LogP contribution in [0.4, 0.5) is 0 Å². The highest BCUT2D eigenvalue weighted by molar-refractivity contribution is 5.79. The first-order chi connectivity index (χ1) is 13.7. The summed E-state index contributed by atoms with van der Waals surface area (Å²) in [5.41, 5.74) is 1.40. The van der Waals surface area contributed by atoms with Crippen LogP contribution in [0.25, 0.3) is 0 Å². The molecule has 2 saturated heterocycles. The van der Waals surface area contributed by atoms with Gasteiger partial charge in [0.05, 0.1) is 0 Å². The first kappa shape index (κ1) is 21.1. The third-order valence-corrected chi connectivity index (χ3v) is 5.91. The highest BCUT2D eigenvalue weighted by Crippen LogP contribution is 2.08. The van der Waals surface area contributed by atoms with Crippen LogP contribution in [-0.4, -0.2) is 105 Å². The number of benzene rings is 1. The lowest BCUT2D eigenvalue weighted by Gasteiger charge is -2.36. The molecular weight excluding hydrogens is 348 g/mol. The second-order valence-electron chi connectivity index (χ2n) is 8.07. The van der Waals surface area contributed by atoms with Crippen LogP contribution in [0.2, 0.25) is 0 Å². The van der Waals surface area contributed by atoms with Crippen molar-refractivity contribution in [1.29, 1.82) is 0 Å². The van der Waals surface area contributed by atoms with Crippen molar-refractivity contribution in [3.63, 3.8) is 0 Å². The monoisotopic (exact) mass is 386 g/mol. The largest absolute Gasteiger partial charge is 0.356 e. The van der Waals surface area contributed by atoms with Crippen molar-refractivity contribution in [3.8, 4) is 0 Å². The molecule has 2 aliphatic rings. The van der Waals surface area contributed by atoms with Crippen molar-refractivity contribution < 1.29 is 0 Å². The van der Waals surface area contributed by atoms with E-state index >= 15 is 0 Å². The fourth-order valence-electron chi connectivity index (χ4n) is 4.02. The maximum atomic E-state index is 4.51. The van der Waals surface area contributed by atoms with Crippen molar-refractivity contribution in [2.24, 2.45) is 4.99 Å². The molecule has 0 atom stereocenters. The fourth-order valence-corrected chi connectivity index (χ4v) is 4.02. The molecule has 0 radical (unpaired) electrons. The molecule has 0 spiro atoms. The number of piperazine rings is 2. The van der Waals surface area contributed by atoms with E-state index in [9.17, 15) is 0 Å².